The van der Waals surface area contributed by atoms with Crippen LogP contribution in [0.3, 0.4) is 0 Å². The summed E-state index contributed by atoms with van der Waals surface area (Å²) in [5.74, 6) is -0.322. The van der Waals surface area contributed by atoms with Crippen LogP contribution in [0.5, 0.6) is 0 Å². The van der Waals surface area contributed by atoms with Crippen LogP contribution in [0.25, 0.3) is 0 Å². The summed E-state index contributed by atoms with van der Waals surface area (Å²) >= 11 is 0. The van der Waals surface area contributed by atoms with Gasteiger partial charge < -0.3 is 16.8 Å². The largest absolute Gasteiger partial charge is 0.393 e. The van der Waals surface area contributed by atoms with Crippen molar-refractivity contribution in [3.63, 3.8) is 0 Å². The molecule has 0 saturated heterocycles. The van der Waals surface area contributed by atoms with Gasteiger partial charge in [0.25, 0.3) is 5.56 Å². The van der Waals surface area contributed by atoms with E-state index in [2.05, 4.69) is 15.3 Å². The molecule has 15 heavy (non-hydrogen) atoms. The van der Waals surface area contributed by atoms with Crippen LogP contribution in [0.2, 0.25) is 0 Å². The molecule has 0 radical (unpaired) electrons. The van der Waals surface area contributed by atoms with E-state index >= 15 is 0 Å². The van der Waals surface area contributed by atoms with Crippen molar-refractivity contribution in [2.45, 2.75) is 19.4 Å². The van der Waals surface area contributed by atoms with E-state index in [0.29, 0.717) is 6.42 Å². The van der Waals surface area contributed by atoms with Crippen molar-refractivity contribution < 1.29 is 4.79 Å². The lowest BCUT2D eigenvalue weighted by atomic mass is 10.2. The fraction of sp³-hybridized carbons (Fsp3) is 0.375. The van der Waals surface area contributed by atoms with Gasteiger partial charge in [-0.1, -0.05) is 6.92 Å². The summed E-state index contributed by atoms with van der Waals surface area (Å²) in [6, 6.07) is -0.559. The SMILES string of the molecule is CCC(Nc1ncc(N)c(=O)[nH]1)C(N)=O. The summed E-state index contributed by atoms with van der Waals surface area (Å²) in [5, 5.41) is 2.70. The van der Waals surface area contributed by atoms with Crippen LogP contribution in [-0.4, -0.2) is 21.9 Å². The van der Waals surface area contributed by atoms with Crippen LogP contribution < -0.4 is 22.3 Å². The lowest BCUT2D eigenvalue weighted by Gasteiger charge is -2.12. The maximum Gasteiger partial charge on any atom is 0.275 e. The summed E-state index contributed by atoms with van der Waals surface area (Å²) in [6.45, 7) is 1.79. The fourth-order valence-electron chi connectivity index (χ4n) is 1.02. The van der Waals surface area contributed by atoms with Crippen LogP contribution in [0.15, 0.2) is 11.0 Å². The molecule has 1 aromatic heterocycles. The molecule has 1 atom stereocenters. The predicted octanol–water partition coefficient (Wildman–Crippen LogP) is -0.972. The zero-order chi connectivity index (χ0) is 11.4. The Bertz CT molecular complexity index is 414. The Morgan fingerprint density at radius 2 is 2.40 bits per heavy atom. The number of rotatable bonds is 4. The standard InChI is InChI=1S/C8H13N5O2/c1-2-5(6(10)14)12-8-11-3-4(9)7(15)13-8/h3,5H,2,9H2,1H3,(H2,10,14)(H2,11,12,13,15). The Morgan fingerprint density at radius 1 is 1.73 bits per heavy atom. The molecular weight excluding hydrogens is 198 g/mol. The third-order valence-electron chi connectivity index (χ3n) is 1.89. The quantitative estimate of drug-likeness (QED) is 0.509. The van der Waals surface area contributed by atoms with Crippen molar-refractivity contribution in [1.29, 1.82) is 0 Å². The third-order valence-corrected chi connectivity index (χ3v) is 1.89. The second-order valence-electron chi connectivity index (χ2n) is 3.02. The highest BCUT2D eigenvalue weighted by molar-refractivity contribution is 5.82. The highest BCUT2D eigenvalue weighted by atomic mass is 16.1. The molecule has 1 amide bonds. The molecule has 7 nitrogen and oxygen atoms in total. The number of nitrogens with two attached hydrogens (primary N) is 2. The van der Waals surface area contributed by atoms with Crippen LogP contribution in [0.1, 0.15) is 13.3 Å². The van der Waals surface area contributed by atoms with Crippen molar-refractivity contribution in [3.05, 3.63) is 16.6 Å². The van der Waals surface area contributed by atoms with Gasteiger partial charge in [0.15, 0.2) is 0 Å². The van der Waals surface area contributed by atoms with E-state index in [-0.39, 0.29) is 11.6 Å². The first-order valence-electron chi connectivity index (χ1n) is 4.45. The average Bonchev–Trinajstić information content (AvgIpc) is 2.19. The Kier molecular flexibility index (Phi) is 3.27. The van der Waals surface area contributed by atoms with Crippen LogP contribution in [0, 0.1) is 0 Å². The Balaban J connectivity index is 2.84. The van der Waals surface area contributed by atoms with E-state index in [9.17, 15) is 9.59 Å². The number of amides is 1. The molecule has 0 aliphatic carbocycles. The highest BCUT2D eigenvalue weighted by Crippen LogP contribution is 2.01. The zero-order valence-corrected chi connectivity index (χ0v) is 8.28. The molecule has 1 unspecified atom stereocenters. The summed E-state index contributed by atoms with van der Waals surface area (Å²) in [6.07, 6.45) is 1.72. The number of primary amides is 1. The van der Waals surface area contributed by atoms with Gasteiger partial charge in [0.1, 0.15) is 11.7 Å². The Morgan fingerprint density at radius 3 is 2.87 bits per heavy atom. The van der Waals surface area contributed by atoms with E-state index in [1.54, 1.807) is 6.92 Å². The normalized spacial score (nSPS) is 12.1. The number of nitrogen functional groups attached to an aromatic ring is 1. The second kappa shape index (κ2) is 4.45. The molecule has 0 saturated carbocycles. The fourth-order valence-corrected chi connectivity index (χ4v) is 1.02. The first-order chi connectivity index (χ1) is 7.04. The number of hydrogen-bond donors (Lipinski definition) is 4. The second-order valence-corrected chi connectivity index (χ2v) is 3.02. The molecule has 1 aromatic rings. The molecular formula is C8H13N5O2. The van der Waals surface area contributed by atoms with Gasteiger partial charge in [-0.3, -0.25) is 14.6 Å². The van der Waals surface area contributed by atoms with Gasteiger partial charge >= 0.3 is 0 Å². The summed E-state index contributed by atoms with van der Waals surface area (Å²) in [7, 11) is 0. The maximum atomic E-state index is 11.1. The first-order valence-corrected chi connectivity index (χ1v) is 4.45. The summed E-state index contributed by atoms with van der Waals surface area (Å²) < 4.78 is 0. The van der Waals surface area contributed by atoms with Gasteiger partial charge in [-0.15, -0.1) is 0 Å². The van der Waals surface area contributed by atoms with E-state index in [1.165, 1.54) is 6.20 Å². The number of aromatic nitrogens is 2. The van der Waals surface area contributed by atoms with Gasteiger partial charge in [-0.05, 0) is 6.42 Å². The molecule has 0 aliphatic rings. The van der Waals surface area contributed by atoms with Gasteiger partial charge in [-0.25, -0.2) is 4.98 Å². The maximum absolute atomic E-state index is 11.1. The first kappa shape index (κ1) is 11.0. The molecule has 1 heterocycles. The highest BCUT2D eigenvalue weighted by Gasteiger charge is 2.13. The molecule has 0 spiro atoms. The molecule has 0 fully saturated rings. The van der Waals surface area contributed by atoms with Crippen molar-refractivity contribution in [2.24, 2.45) is 5.73 Å². The zero-order valence-electron chi connectivity index (χ0n) is 8.28. The van der Waals surface area contributed by atoms with Gasteiger partial charge in [0.05, 0.1) is 6.20 Å². The van der Waals surface area contributed by atoms with E-state index in [4.69, 9.17) is 11.5 Å². The summed E-state index contributed by atoms with van der Waals surface area (Å²) in [5.41, 5.74) is 9.97. The molecule has 7 heteroatoms. The van der Waals surface area contributed by atoms with Gasteiger partial charge in [0.2, 0.25) is 11.9 Å². The monoisotopic (exact) mass is 211 g/mol. The Hall–Kier alpha value is -2.05. The molecule has 0 aliphatic heterocycles. The molecule has 0 aromatic carbocycles. The molecule has 0 bridgehead atoms. The number of carbonyl (C=O) groups excluding carboxylic acids is 1. The lowest BCUT2D eigenvalue weighted by molar-refractivity contribution is -0.118. The molecule has 6 N–H and O–H groups in total. The smallest absolute Gasteiger partial charge is 0.275 e. The predicted molar refractivity (Wildman–Crippen MR) is 56.2 cm³/mol. The number of nitrogens with zero attached hydrogens (tertiary/aromatic N) is 1. The minimum absolute atomic E-state index is 0.0210. The minimum atomic E-state index is -0.559. The summed E-state index contributed by atoms with van der Waals surface area (Å²) in [4.78, 5) is 28.2. The van der Waals surface area contributed by atoms with E-state index < -0.39 is 17.5 Å². The Labute approximate surface area is 85.9 Å². The molecule has 82 valence electrons. The van der Waals surface area contributed by atoms with Gasteiger partial charge in [-0.2, -0.15) is 0 Å². The number of anilines is 2. The van der Waals surface area contributed by atoms with Gasteiger partial charge in [0, 0.05) is 0 Å². The lowest BCUT2D eigenvalue weighted by Crippen LogP contribution is -2.35. The average molecular weight is 211 g/mol. The number of aromatic amines is 1. The number of carbonyl (C=O) groups is 1. The topological polar surface area (TPSA) is 127 Å². The van der Waals surface area contributed by atoms with Crippen molar-refractivity contribution >= 4 is 17.5 Å². The third kappa shape index (κ3) is 2.70. The van der Waals surface area contributed by atoms with Crippen molar-refractivity contribution in [1.82, 2.24) is 9.97 Å². The van der Waals surface area contributed by atoms with Crippen molar-refractivity contribution in [3.8, 4) is 0 Å². The number of hydrogen-bond acceptors (Lipinski definition) is 5. The minimum Gasteiger partial charge on any atom is -0.393 e. The molecule has 1 rings (SSSR count). The van der Waals surface area contributed by atoms with Crippen LogP contribution >= 0.6 is 0 Å². The number of H-pyrrole nitrogens is 1. The van der Waals surface area contributed by atoms with Crippen LogP contribution in [0.4, 0.5) is 11.6 Å². The van der Waals surface area contributed by atoms with E-state index in [1.807, 2.05) is 0 Å². The van der Waals surface area contributed by atoms with Crippen LogP contribution in [-0.2, 0) is 4.79 Å². The van der Waals surface area contributed by atoms with E-state index in [0.717, 1.165) is 0 Å². The number of nitrogens with one attached hydrogen (secondary N) is 2. The van der Waals surface area contributed by atoms with Crippen molar-refractivity contribution in [2.75, 3.05) is 11.1 Å².